The number of hydrogen-bond acceptors (Lipinski definition) is 6. The molecule has 0 saturated heterocycles. The molecule has 1 atom stereocenters. The summed E-state index contributed by atoms with van der Waals surface area (Å²) < 4.78 is 7.23. The summed E-state index contributed by atoms with van der Waals surface area (Å²) in [5, 5.41) is 16.0. The Kier molecular flexibility index (Phi) is 3.26. The van der Waals surface area contributed by atoms with Gasteiger partial charge in [0.05, 0.1) is 11.9 Å². The fourth-order valence-electron chi connectivity index (χ4n) is 1.75. The minimum atomic E-state index is -0.147. The van der Waals surface area contributed by atoms with Crippen LogP contribution in [0.25, 0.3) is 11.5 Å². The zero-order chi connectivity index (χ0) is 13.9. The van der Waals surface area contributed by atoms with Gasteiger partial charge in [0.2, 0.25) is 11.8 Å². The molecule has 0 spiro atoms. The van der Waals surface area contributed by atoms with Crippen molar-refractivity contribution >= 4 is 0 Å². The second-order valence-electron chi connectivity index (χ2n) is 4.50. The smallest absolute Gasteiger partial charge is 0.247 e. The molecule has 0 aliphatic rings. The zero-order valence-electron chi connectivity index (χ0n) is 11.0. The lowest BCUT2D eigenvalue weighted by molar-refractivity contribution is 0.469. The van der Waals surface area contributed by atoms with Gasteiger partial charge in [0, 0.05) is 11.6 Å². The van der Waals surface area contributed by atoms with Gasteiger partial charge in [-0.3, -0.25) is 0 Å². The minimum Gasteiger partial charge on any atom is -0.419 e. The van der Waals surface area contributed by atoms with Gasteiger partial charge < -0.3 is 10.2 Å². The van der Waals surface area contributed by atoms with E-state index >= 15 is 0 Å². The second-order valence-corrected chi connectivity index (χ2v) is 4.50. The van der Waals surface area contributed by atoms with Gasteiger partial charge in [0.1, 0.15) is 6.54 Å². The van der Waals surface area contributed by atoms with Gasteiger partial charge in [-0.2, -0.15) is 0 Å². The Bertz CT molecular complexity index is 688. The van der Waals surface area contributed by atoms with Crippen molar-refractivity contribution in [2.45, 2.75) is 19.5 Å². The highest BCUT2D eigenvalue weighted by Crippen LogP contribution is 2.17. The summed E-state index contributed by atoms with van der Waals surface area (Å²) in [5.41, 5.74) is 7.35. The Labute approximate surface area is 115 Å². The Morgan fingerprint density at radius 2 is 2.00 bits per heavy atom. The predicted octanol–water partition coefficient (Wildman–Crippen LogP) is 1.40. The summed E-state index contributed by atoms with van der Waals surface area (Å²) in [6, 6.07) is 9.47. The Hall–Kier alpha value is -2.54. The van der Waals surface area contributed by atoms with Crippen LogP contribution in [-0.4, -0.2) is 25.2 Å². The second kappa shape index (κ2) is 5.22. The van der Waals surface area contributed by atoms with E-state index in [0.29, 0.717) is 18.3 Å². The number of nitrogens with two attached hydrogens (primary N) is 1. The van der Waals surface area contributed by atoms with Gasteiger partial charge in [-0.25, -0.2) is 4.68 Å². The van der Waals surface area contributed by atoms with E-state index in [1.54, 1.807) is 10.9 Å². The number of benzene rings is 1. The summed E-state index contributed by atoms with van der Waals surface area (Å²) in [7, 11) is 0. The maximum atomic E-state index is 5.73. The Morgan fingerprint density at radius 3 is 2.70 bits per heavy atom. The maximum absolute atomic E-state index is 5.73. The van der Waals surface area contributed by atoms with Gasteiger partial charge in [0.15, 0.2) is 0 Å². The van der Waals surface area contributed by atoms with E-state index in [9.17, 15) is 0 Å². The van der Waals surface area contributed by atoms with E-state index in [0.717, 1.165) is 11.3 Å². The molecule has 3 rings (SSSR count). The van der Waals surface area contributed by atoms with Gasteiger partial charge in [-0.05, 0) is 19.1 Å². The molecule has 0 radical (unpaired) electrons. The highest BCUT2D eigenvalue weighted by Gasteiger charge is 2.11. The van der Waals surface area contributed by atoms with Crippen LogP contribution in [0.1, 0.15) is 24.6 Å². The number of hydrogen-bond donors (Lipinski definition) is 1. The molecule has 0 aliphatic carbocycles. The first-order chi connectivity index (χ1) is 9.72. The summed E-state index contributed by atoms with van der Waals surface area (Å²) in [6.07, 6.45) is 1.77. The van der Waals surface area contributed by atoms with Crippen LogP contribution in [0.2, 0.25) is 0 Å². The van der Waals surface area contributed by atoms with Crippen LogP contribution >= 0.6 is 0 Å². The molecule has 3 aromatic rings. The lowest BCUT2D eigenvalue weighted by Gasteiger charge is -1.96. The summed E-state index contributed by atoms with van der Waals surface area (Å²) in [5.74, 6) is 0.970. The third-order valence-corrected chi connectivity index (χ3v) is 2.81. The molecule has 0 saturated carbocycles. The third kappa shape index (κ3) is 2.57. The topological polar surface area (TPSA) is 95.7 Å². The fraction of sp³-hybridized carbons (Fsp3) is 0.231. The normalized spacial score (nSPS) is 12.5. The predicted molar refractivity (Wildman–Crippen MR) is 71.5 cm³/mol. The number of aromatic nitrogens is 5. The highest BCUT2D eigenvalue weighted by molar-refractivity contribution is 5.51. The lowest BCUT2D eigenvalue weighted by atomic mass is 10.2. The summed E-state index contributed by atoms with van der Waals surface area (Å²) in [4.78, 5) is 0. The largest absolute Gasteiger partial charge is 0.419 e. The first-order valence-electron chi connectivity index (χ1n) is 6.26. The van der Waals surface area contributed by atoms with Crippen molar-refractivity contribution < 1.29 is 4.42 Å². The molecule has 0 fully saturated rings. The highest BCUT2D eigenvalue weighted by atomic mass is 16.4. The third-order valence-electron chi connectivity index (χ3n) is 2.81. The fourth-order valence-corrected chi connectivity index (χ4v) is 1.75. The lowest BCUT2D eigenvalue weighted by Crippen LogP contribution is -2.05. The van der Waals surface area contributed by atoms with Crippen LogP contribution in [0.4, 0.5) is 0 Å². The van der Waals surface area contributed by atoms with Crippen LogP contribution in [0.15, 0.2) is 40.9 Å². The van der Waals surface area contributed by atoms with E-state index in [-0.39, 0.29) is 6.04 Å². The monoisotopic (exact) mass is 270 g/mol. The van der Waals surface area contributed by atoms with Crippen molar-refractivity contribution in [3.8, 4) is 11.5 Å². The van der Waals surface area contributed by atoms with Gasteiger partial charge in [-0.15, -0.1) is 15.3 Å². The van der Waals surface area contributed by atoms with Gasteiger partial charge in [0.25, 0.3) is 0 Å². The maximum Gasteiger partial charge on any atom is 0.247 e. The van der Waals surface area contributed by atoms with Crippen molar-refractivity contribution in [2.75, 3.05) is 0 Å². The molecule has 102 valence electrons. The van der Waals surface area contributed by atoms with E-state index in [1.807, 2.05) is 37.3 Å². The standard InChI is InChI=1S/C13H14N6O/c1-9(14)11-7-19(18-15-11)8-12-16-17-13(20-12)10-5-3-2-4-6-10/h2-7,9H,8,14H2,1H3. The molecule has 0 aliphatic heterocycles. The Morgan fingerprint density at radius 1 is 1.20 bits per heavy atom. The summed E-state index contributed by atoms with van der Waals surface area (Å²) >= 11 is 0. The van der Waals surface area contributed by atoms with Gasteiger partial charge in [-0.1, -0.05) is 23.4 Å². The molecule has 1 aromatic carbocycles. The molecule has 1 unspecified atom stereocenters. The van der Waals surface area contributed by atoms with Crippen LogP contribution in [-0.2, 0) is 6.54 Å². The first-order valence-corrected chi connectivity index (χ1v) is 6.26. The molecule has 2 aromatic heterocycles. The van der Waals surface area contributed by atoms with E-state index in [4.69, 9.17) is 10.2 Å². The molecule has 0 bridgehead atoms. The summed E-state index contributed by atoms with van der Waals surface area (Å²) in [6.45, 7) is 2.23. The van der Waals surface area contributed by atoms with Gasteiger partial charge >= 0.3 is 0 Å². The average molecular weight is 270 g/mol. The van der Waals surface area contributed by atoms with E-state index in [2.05, 4.69) is 20.5 Å². The van der Waals surface area contributed by atoms with Crippen LogP contribution in [0, 0.1) is 0 Å². The van der Waals surface area contributed by atoms with Crippen molar-refractivity contribution in [1.82, 2.24) is 25.2 Å². The number of nitrogens with zero attached hydrogens (tertiary/aromatic N) is 5. The molecule has 7 nitrogen and oxygen atoms in total. The quantitative estimate of drug-likeness (QED) is 0.769. The number of rotatable bonds is 4. The average Bonchev–Trinajstić information content (AvgIpc) is 3.10. The van der Waals surface area contributed by atoms with Crippen LogP contribution in [0.5, 0.6) is 0 Å². The minimum absolute atomic E-state index is 0.147. The van der Waals surface area contributed by atoms with Crippen LogP contribution in [0.3, 0.4) is 0 Å². The molecule has 7 heteroatoms. The SMILES string of the molecule is CC(N)c1cn(Cc2nnc(-c3ccccc3)o2)nn1. The molecular formula is C13H14N6O. The molecule has 2 N–H and O–H groups in total. The van der Waals surface area contributed by atoms with Crippen LogP contribution < -0.4 is 5.73 Å². The van der Waals surface area contributed by atoms with Crippen molar-refractivity contribution in [3.05, 3.63) is 48.1 Å². The van der Waals surface area contributed by atoms with Crippen molar-refractivity contribution in [2.24, 2.45) is 5.73 Å². The van der Waals surface area contributed by atoms with Crippen molar-refractivity contribution in [3.63, 3.8) is 0 Å². The molecule has 0 amide bonds. The van der Waals surface area contributed by atoms with E-state index < -0.39 is 0 Å². The van der Waals surface area contributed by atoms with Crippen molar-refractivity contribution in [1.29, 1.82) is 0 Å². The first kappa shape index (κ1) is 12.5. The molecule has 20 heavy (non-hydrogen) atoms. The molecular weight excluding hydrogens is 256 g/mol. The zero-order valence-corrected chi connectivity index (χ0v) is 11.0. The molecule has 2 heterocycles. The Balaban J connectivity index is 1.77. The van der Waals surface area contributed by atoms with E-state index in [1.165, 1.54) is 0 Å².